The van der Waals surface area contributed by atoms with Crippen molar-refractivity contribution in [1.29, 1.82) is 0 Å². The predicted octanol–water partition coefficient (Wildman–Crippen LogP) is 3.53. The predicted molar refractivity (Wildman–Crippen MR) is 148 cm³/mol. The van der Waals surface area contributed by atoms with E-state index in [1.54, 1.807) is 6.33 Å². The topological polar surface area (TPSA) is 130 Å². The monoisotopic (exact) mass is 513 g/mol. The highest BCUT2D eigenvalue weighted by Crippen LogP contribution is 2.33. The molecule has 2 aromatic heterocycles. The van der Waals surface area contributed by atoms with Gasteiger partial charge in [-0.15, -0.1) is 0 Å². The number of piperidine rings is 1. The van der Waals surface area contributed by atoms with Crippen LogP contribution in [0, 0.1) is 0 Å². The van der Waals surface area contributed by atoms with Crippen molar-refractivity contribution in [3.8, 4) is 0 Å². The fourth-order valence-electron chi connectivity index (χ4n) is 5.53. The molecule has 0 bridgehead atoms. The smallest absolute Gasteiger partial charge is 0.323 e. The van der Waals surface area contributed by atoms with Crippen LogP contribution in [0.4, 0.5) is 27.7 Å². The Kier molecular flexibility index (Phi) is 6.57. The van der Waals surface area contributed by atoms with Crippen LogP contribution in [0.5, 0.6) is 0 Å². The van der Waals surface area contributed by atoms with E-state index >= 15 is 0 Å². The number of nitrogens with zero attached hydrogens (tertiary/aromatic N) is 4. The molecular weight excluding hydrogens is 482 g/mol. The Bertz CT molecular complexity index is 1430. The van der Waals surface area contributed by atoms with E-state index in [1.807, 2.05) is 59.6 Å². The summed E-state index contributed by atoms with van der Waals surface area (Å²) in [4.78, 5) is 29.2. The number of amides is 2. The number of β-amino-alcohol motifs (C(OH)–C–C–N with tert-alkyl or cyclic N) is 2. The molecule has 2 fully saturated rings. The summed E-state index contributed by atoms with van der Waals surface area (Å²) < 4.78 is 0. The second kappa shape index (κ2) is 10.3. The zero-order chi connectivity index (χ0) is 26.1. The summed E-state index contributed by atoms with van der Waals surface area (Å²) in [6, 6.07) is 17.1. The van der Waals surface area contributed by atoms with E-state index in [-0.39, 0.29) is 6.03 Å². The summed E-state index contributed by atoms with van der Waals surface area (Å²) in [7, 11) is 0. The Labute approximate surface area is 220 Å². The third kappa shape index (κ3) is 4.88. The first-order valence-electron chi connectivity index (χ1n) is 13.0. The van der Waals surface area contributed by atoms with E-state index in [2.05, 4.69) is 36.6 Å². The lowest BCUT2D eigenvalue weighted by atomic mass is 9.90. The lowest BCUT2D eigenvalue weighted by Crippen LogP contribution is -2.35. The molecule has 0 saturated carbocycles. The summed E-state index contributed by atoms with van der Waals surface area (Å²) >= 11 is 0. The fourth-order valence-corrected chi connectivity index (χ4v) is 5.53. The molecule has 4 aromatic rings. The van der Waals surface area contributed by atoms with Crippen LogP contribution >= 0.6 is 0 Å². The third-order valence-electron chi connectivity index (χ3n) is 7.42. The molecule has 2 aromatic carbocycles. The minimum atomic E-state index is -0.807. The normalized spacial score (nSPS) is 21.6. The van der Waals surface area contributed by atoms with Gasteiger partial charge in [-0.2, -0.15) is 0 Å². The number of aliphatic hydroxyl groups is 2. The summed E-state index contributed by atoms with van der Waals surface area (Å²) in [5, 5.41) is 26.8. The zero-order valence-electron chi connectivity index (χ0n) is 20.9. The summed E-state index contributed by atoms with van der Waals surface area (Å²) in [5.41, 5.74) is 4.11. The van der Waals surface area contributed by atoms with Crippen LogP contribution in [-0.4, -0.2) is 69.6 Å². The van der Waals surface area contributed by atoms with Crippen molar-refractivity contribution < 1.29 is 15.0 Å². The van der Waals surface area contributed by atoms with Crippen molar-refractivity contribution >= 4 is 39.9 Å². The van der Waals surface area contributed by atoms with Gasteiger partial charge in [-0.05, 0) is 48.7 Å². The molecule has 2 aliphatic rings. The number of nitrogens with one attached hydrogen (secondary N) is 3. The Morgan fingerprint density at radius 2 is 1.79 bits per heavy atom. The van der Waals surface area contributed by atoms with Gasteiger partial charge in [0, 0.05) is 44.0 Å². The molecule has 0 radical (unpaired) electrons. The number of aromatic nitrogens is 3. The SMILES string of the molecule is O=C(Nc1cccc(C2CCCN(c3ncnc4[nH]ccc34)C2)c1)Nc1ccccc1N1C[C@@H](O)[C@@H](O)C1. The Morgan fingerprint density at radius 3 is 2.66 bits per heavy atom. The molecule has 10 nitrogen and oxygen atoms in total. The van der Waals surface area contributed by atoms with Crippen LogP contribution in [0.25, 0.3) is 11.0 Å². The number of aromatic amines is 1. The molecule has 4 heterocycles. The largest absolute Gasteiger partial charge is 0.389 e. The van der Waals surface area contributed by atoms with Gasteiger partial charge in [0.15, 0.2) is 0 Å². The number of aliphatic hydroxyl groups excluding tert-OH is 2. The van der Waals surface area contributed by atoms with E-state index in [9.17, 15) is 15.0 Å². The number of carbonyl (C=O) groups is 1. The molecule has 38 heavy (non-hydrogen) atoms. The van der Waals surface area contributed by atoms with Crippen LogP contribution in [0.15, 0.2) is 67.1 Å². The molecule has 2 saturated heterocycles. The number of rotatable bonds is 5. The first kappa shape index (κ1) is 24.2. The fraction of sp³-hybridized carbons (Fsp3) is 0.321. The van der Waals surface area contributed by atoms with Crippen LogP contribution < -0.4 is 20.4 Å². The molecule has 5 N–H and O–H groups in total. The van der Waals surface area contributed by atoms with Crippen LogP contribution in [-0.2, 0) is 0 Å². The maximum atomic E-state index is 12.9. The highest BCUT2D eigenvalue weighted by Gasteiger charge is 2.31. The lowest BCUT2D eigenvalue weighted by molar-refractivity contribution is 0.0572. The third-order valence-corrected chi connectivity index (χ3v) is 7.42. The average molecular weight is 514 g/mol. The summed E-state index contributed by atoms with van der Waals surface area (Å²) in [6.45, 7) is 2.41. The van der Waals surface area contributed by atoms with Gasteiger partial charge in [0.25, 0.3) is 0 Å². The number of H-pyrrole nitrogens is 1. The van der Waals surface area contributed by atoms with Crippen molar-refractivity contribution in [2.24, 2.45) is 0 Å². The number of benzene rings is 2. The van der Waals surface area contributed by atoms with Gasteiger partial charge in [-0.25, -0.2) is 14.8 Å². The molecule has 2 amide bonds. The maximum absolute atomic E-state index is 12.9. The quantitative estimate of drug-likeness (QED) is 0.276. The minimum Gasteiger partial charge on any atom is -0.389 e. The van der Waals surface area contributed by atoms with Gasteiger partial charge in [0.2, 0.25) is 0 Å². The molecule has 0 spiro atoms. The number of anilines is 4. The van der Waals surface area contributed by atoms with E-state index < -0.39 is 12.2 Å². The van der Waals surface area contributed by atoms with Gasteiger partial charge >= 0.3 is 6.03 Å². The van der Waals surface area contributed by atoms with Crippen molar-refractivity contribution in [1.82, 2.24) is 15.0 Å². The number of para-hydroxylation sites is 2. The Morgan fingerprint density at radius 1 is 0.947 bits per heavy atom. The average Bonchev–Trinajstić information content (AvgIpc) is 3.55. The summed E-state index contributed by atoms with van der Waals surface area (Å²) in [6.07, 6.45) is 4.00. The maximum Gasteiger partial charge on any atom is 0.323 e. The van der Waals surface area contributed by atoms with Crippen molar-refractivity contribution in [3.05, 3.63) is 72.7 Å². The molecule has 1 unspecified atom stereocenters. The molecule has 3 atom stereocenters. The highest BCUT2D eigenvalue weighted by molar-refractivity contribution is 6.02. The first-order chi connectivity index (χ1) is 18.5. The number of hydrogen-bond acceptors (Lipinski definition) is 7. The standard InChI is InChI=1S/C28H31N7O3/c36-24-15-35(16-25(24)37)23-9-2-1-8-22(23)33-28(38)32-20-7-3-5-18(13-20)19-6-4-12-34(14-19)27-21-10-11-29-26(21)30-17-31-27/h1-3,5,7-11,13,17,19,24-25,36-37H,4,6,12,14-16H2,(H,29,30,31)(H2,32,33,38)/t19?,24-,25+. The van der Waals surface area contributed by atoms with Crippen molar-refractivity contribution in [2.75, 3.05) is 46.6 Å². The first-order valence-corrected chi connectivity index (χ1v) is 13.0. The molecular formula is C28H31N7O3. The van der Waals surface area contributed by atoms with E-state index in [4.69, 9.17) is 0 Å². The van der Waals surface area contributed by atoms with E-state index in [0.29, 0.717) is 24.7 Å². The number of carbonyl (C=O) groups excluding carboxylic acids is 1. The molecule has 6 rings (SSSR count). The second-order valence-electron chi connectivity index (χ2n) is 9.98. The number of urea groups is 1. The lowest BCUT2D eigenvalue weighted by Gasteiger charge is -2.34. The summed E-state index contributed by atoms with van der Waals surface area (Å²) in [5.74, 6) is 1.26. The van der Waals surface area contributed by atoms with Gasteiger partial charge < -0.3 is 35.6 Å². The Balaban J connectivity index is 1.14. The van der Waals surface area contributed by atoms with Crippen LogP contribution in [0.3, 0.4) is 0 Å². The van der Waals surface area contributed by atoms with Crippen molar-refractivity contribution in [3.63, 3.8) is 0 Å². The number of fused-ring (bicyclic) bond motifs is 1. The van der Waals surface area contributed by atoms with E-state index in [1.165, 1.54) is 5.56 Å². The van der Waals surface area contributed by atoms with Crippen LogP contribution in [0.2, 0.25) is 0 Å². The zero-order valence-corrected chi connectivity index (χ0v) is 20.9. The van der Waals surface area contributed by atoms with Gasteiger partial charge in [0.05, 0.1) is 29.0 Å². The second-order valence-corrected chi connectivity index (χ2v) is 9.98. The Hall–Kier alpha value is -4.15. The molecule has 196 valence electrons. The minimum absolute atomic E-state index is 0.311. The van der Waals surface area contributed by atoms with E-state index in [0.717, 1.165) is 54.2 Å². The van der Waals surface area contributed by atoms with Gasteiger partial charge in [-0.1, -0.05) is 24.3 Å². The molecule has 0 aliphatic carbocycles. The highest BCUT2D eigenvalue weighted by atomic mass is 16.3. The molecule has 2 aliphatic heterocycles. The number of hydrogen-bond donors (Lipinski definition) is 5. The molecule has 10 heteroatoms. The van der Waals surface area contributed by atoms with Gasteiger partial charge in [-0.3, -0.25) is 0 Å². The van der Waals surface area contributed by atoms with Crippen LogP contribution in [0.1, 0.15) is 24.3 Å². The van der Waals surface area contributed by atoms with Gasteiger partial charge in [0.1, 0.15) is 17.8 Å². The van der Waals surface area contributed by atoms with Crippen molar-refractivity contribution in [2.45, 2.75) is 31.0 Å².